The molecule has 2 aromatic rings. The minimum absolute atomic E-state index is 0.0181. The predicted molar refractivity (Wildman–Crippen MR) is 122 cm³/mol. The minimum Gasteiger partial charge on any atom is -0.368 e. The summed E-state index contributed by atoms with van der Waals surface area (Å²) in [7, 11) is 0. The first-order valence-electron chi connectivity index (χ1n) is 10.8. The normalized spacial score (nSPS) is 23.2. The van der Waals surface area contributed by atoms with Crippen molar-refractivity contribution in [3.63, 3.8) is 0 Å². The van der Waals surface area contributed by atoms with E-state index in [1.54, 1.807) is 0 Å². The van der Waals surface area contributed by atoms with Crippen LogP contribution in [0.15, 0.2) is 36.4 Å². The highest BCUT2D eigenvalue weighted by Gasteiger charge is 2.33. The number of hydrogen-bond donors (Lipinski definition) is 1. The Morgan fingerprint density at radius 2 is 1.81 bits per heavy atom. The SMILES string of the molecule is CC1Cc2ccc(Cl)cc2N1CC1CCC(NC(=O)c2cc(C(F)(F)F)ccc2Cl)CC1. The van der Waals surface area contributed by atoms with Gasteiger partial charge in [0.1, 0.15) is 0 Å². The molecule has 2 aromatic carbocycles. The van der Waals surface area contributed by atoms with Gasteiger partial charge in [-0.3, -0.25) is 4.79 Å². The summed E-state index contributed by atoms with van der Waals surface area (Å²) in [6, 6.07) is 9.24. The van der Waals surface area contributed by atoms with Crippen LogP contribution in [0.2, 0.25) is 10.0 Å². The number of halogens is 5. The van der Waals surface area contributed by atoms with Crippen LogP contribution in [0.1, 0.15) is 54.1 Å². The summed E-state index contributed by atoms with van der Waals surface area (Å²) in [6.45, 7) is 3.16. The number of benzene rings is 2. The maximum atomic E-state index is 13.0. The zero-order valence-electron chi connectivity index (χ0n) is 17.7. The van der Waals surface area contributed by atoms with E-state index >= 15 is 0 Å². The minimum atomic E-state index is -4.52. The van der Waals surface area contributed by atoms with Gasteiger partial charge in [-0.15, -0.1) is 0 Å². The number of hydrogen-bond acceptors (Lipinski definition) is 2. The highest BCUT2D eigenvalue weighted by atomic mass is 35.5. The van der Waals surface area contributed by atoms with Crippen molar-refractivity contribution in [3.8, 4) is 0 Å². The molecule has 2 aliphatic rings. The summed E-state index contributed by atoms with van der Waals surface area (Å²) in [6.07, 6.45) is -0.0428. The second-order valence-electron chi connectivity index (χ2n) is 8.86. The van der Waals surface area contributed by atoms with Crippen molar-refractivity contribution in [1.29, 1.82) is 0 Å². The molecule has 1 atom stereocenters. The molecule has 1 aliphatic heterocycles. The molecule has 1 unspecified atom stereocenters. The van der Waals surface area contributed by atoms with Gasteiger partial charge in [-0.1, -0.05) is 29.3 Å². The smallest absolute Gasteiger partial charge is 0.368 e. The lowest BCUT2D eigenvalue weighted by molar-refractivity contribution is -0.137. The van der Waals surface area contributed by atoms with Gasteiger partial charge in [0.2, 0.25) is 0 Å². The average Bonchev–Trinajstić information content (AvgIpc) is 3.03. The van der Waals surface area contributed by atoms with E-state index < -0.39 is 17.6 Å². The number of anilines is 1. The highest BCUT2D eigenvalue weighted by molar-refractivity contribution is 6.33. The Hall–Kier alpha value is -1.92. The second kappa shape index (κ2) is 9.14. The summed E-state index contributed by atoms with van der Waals surface area (Å²) in [5.74, 6) is -0.0611. The molecule has 32 heavy (non-hydrogen) atoms. The van der Waals surface area contributed by atoms with E-state index in [0.717, 1.165) is 61.9 Å². The molecule has 1 N–H and O–H groups in total. The van der Waals surface area contributed by atoms with Crippen molar-refractivity contribution in [2.75, 3.05) is 11.4 Å². The van der Waals surface area contributed by atoms with Crippen molar-refractivity contribution in [3.05, 3.63) is 63.1 Å². The lowest BCUT2D eigenvalue weighted by Gasteiger charge is -2.34. The van der Waals surface area contributed by atoms with Crippen LogP contribution in [0.25, 0.3) is 0 Å². The maximum absolute atomic E-state index is 13.0. The number of rotatable bonds is 4. The molecule has 1 aliphatic carbocycles. The summed E-state index contributed by atoms with van der Waals surface area (Å²) in [4.78, 5) is 15.0. The lowest BCUT2D eigenvalue weighted by Crippen LogP contribution is -2.41. The Kier molecular flexibility index (Phi) is 6.64. The van der Waals surface area contributed by atoms with Gasteiger partial charge in [0.15, 0.2) is 0 Å². The Bertz CT molecular complexity index is 1000. The van der Waals surface area contributed by atoms with Gasteiger partial charge in [0.25, 0.3) is 5.91 Å². The van der Waals surface area contributed by atoms with E-state index in [0.29, 0.717) is 12.0 Å². The molecule has 0 bridgehead atoms. The first-order valence-corrected chi connectivity index (χ1v) is 11.6. The number of amides is 1. The van der Waals surface area contributed by atoms with Gasteiger partial charge in [-0.05, 0) is 80.8 Å². The highest BCUT2D eigenvalue weighted by Crippen LogP contribution is 2.37. The van der Waals surface area contributed by atoms with Crippen LogP contribution in [0.4, 0.5) is 18.9 Å². The summed E-state index contributed by atoms with van der Waals surface area (Å²) < 4.78 is 39.0. The van der Waals surface area contributed by atoms with Gasteiger partial charge in [0, 0.05) is 29.3 Å². The largest absolute Gasteiger partial charge is 0.416 e. The van der Waals surface area contributed by atoms with Gasteiger partial charge < -0.3 is 10.2 Å². The molecule has 0 aromatic heterocycles. The number of carbonyl (C=O) groups is 1. The van der Waals surface area contributed by atoms with Gasteiger partial charge in [-0.25, -0.2) is 0 Å². The molecule has 4 rings (SSSR count). The molecule has 1 saturated carbocycles. The Morgan fingerprint density at radius 3 is 2.50 bits per heavy atom. The zero-order valence-corrected chi connectivity index (χ0v) is 19.2. The topological polar surface area (TPSA) is 32.3 Å². The number of alkyl halides is 3. The summed E-state index contributed by atoms with van der Waals surface area (Å²) >= 11 is 12.2. The van der Waals surface area contributed by atoms with Crippen molar-refractivity contribution < 1.29 is 18.0 Å². The van der Waals surface area contributed by atoms with E-state index in [2.05, 4.69) is 23.2 Å². The number of nitrogens with one attached hydrogen (secondary N) is 1. The van der Waals surface area contributed by atoms with Crippen molar-refractivity contribution in [1.82, 2.24) is 5.32 Å². The molecule has 0 radical (unpaired) electrons. The molecular weight excluding hydrogens is 460 g/mol. The standard InChI is InChI=1S/C24H25Cl2F3N2O/c1-14-10-16-4-6-18(25)12-22(16)31(14)13-15-2-7-19(8-3-15)30-23(32)20-11-17(24(27,28)29)5-9-21(20)26/h4-6,9,11-12,14-15,19H,2-3,7-8,10,13H2,1H3,(H,30,32). The van der Waals surface area contributed by atoms with Crippen molar-refractivity contribution >= 4 is 34.8 Å². The molecule has 1 fully saturated rings. The fraction of sp³-hybridized carbons (Fsp3) is 0.458. The van der Waals surface area contributed by atoms with Gasteiger partial charge in [0.05, 0.1) is 16.1 Å². The molecular formula is C24H25Cl2F3N2O. The molecule has 0 spiro atoms. The zero-order chi connectivity index (χ0) is 23.0. The molecule has 8 heteroatoms. The number of nitrogens with zero attached hydrogens (tertiary/aromatic N) is 1. The first-order chi connectivity index (χ1) is 15.1. The van der Waals surface area contributed by atoms with E-state index in [4.69, 9.17) is 23.2 Å². The second-order valence-corrected chi connectivity index (χ2v) is 9.71. The van der Waals surface area contributed by atoms with Crippen LogP contribution in [0, 0.1) is 5.92 Å². The summed E-state index contributed by atoms with van der Waals surface area (Å²) in [5, 5.41) is 3.64. The maximum Gasteiger partial charge on any atom is 0.416 e. The van der Waals surface area contributed by atoms with E-state index in [1.807, 2.05) is 12.1 Å². The monoisotopic (exact) mass is 484 g/mol. The van der Waals surface area contributed by atoms with E-state index in [-0.39, 0.29) is 16.6 Å². The first kappa shape index (κ1) is 23.2. The van der Waals surface area contributed by atoms with E-state index in [9.17, 15) is 18.0 Å². The van der Waals surface area contributed by atoms with Crippen LogP contribution in [0.3, 0.4) is 0 Å². The third kappa shape index (κ3) is 5.01. The summed E-state index contributed by atoms with van der Waals surface area (Å²) in [5.41, 5.74) is 1.51. The molecule has 1 heterocycles. The van der Waals surface area contributed by atoms with Crippen LogP contribution >= 0.6 is 23.2 Å². The van der Waals surface area contributed by atoms with Crippen LogP contribution < -0.4 is 10.2 Å². The average molecular weight is 485 g/mol. The molecule has 3 nitrogen and oxygen atoms in total. The third-order valence-electron chi connectivity index (χ3n) is 6.58. The van der Waals surface area contributed by atoms with Crippen LogP contribution in [-0.4, -0.2) is 24.5 Å². The quantitative estimate of drug-likeness (QED) is 0.520. The predicted octanol–water partition coefficient (Wildman–Crippen LogP) is 6.75. The fourth-order valence-corrected chi connectivity index (χ4v) is 5.20. The lowest BCUT2D eigenvalue weighted by atomic mass is 9.85. The Labute approximate surface area is 195 Å². The number of carbonyl (C=O) groups excluding carboxylic acids is 1. The van der Waals surface area contributed by atoms with Crippen molar-refractivity contribution in [2.24, 2.45) is 5.92 Å². The fourth-order valence-electron chi connectivity index (χ4n) is 4.83. The Balaban J connectivity index is 1.34. The van der Waals surface area contributed by atoms with Gasteiger partial charge >= 0.3 is 6.18 Å². The third-order valence-corrected chi connectivity index (χ3v) is 7.14. The van der Waals surface area contributed by atoms with Crippen LogP contribution in [0.5, 0.6) is 0 Å². The van der Waals surface area contributed by atoms with E-state index in [1.165, 1.54) is 11.3 Å². The number of fused-ring (bicyclic) bond motifs is 1. The van der Waals surface area contributed by atoms with Crippen molar-refractivity contribution in [2.45, 2.75) is 57.3 Å². The molecule has 1 amide bonds. The van der Waals surface area contributed by atoms with Crippen LogP contribution in [-0.2, 0) is 12.6 Å². The Morgan fingerprint density at radius 1 is 1.09 bits per heavy atom. The molecule has 172 valence electrons. The van der Waals surface area contributed by atoms with Gasteiger partial charge in [-0.2, -0.15) is 13.2 Å². The molecule has 0 saturated heterocycles.